The van der Waals surface area contributed by atoms with Crippen LogP contribution in [0.3, 0.4) is 0 Å². The molecule has 0 heterocycles. The highest BCUT2D eigenvalue weighted by molar-refractivity contribution is 5.82. The SMILES string of the molecule is CC(=O)NC(Cc1ccc(-c2ccccc2)cc1)C(=O)O.CC(=O)O. The van der Waals surface area contributed by atoms with Crippen LogP contribution in [0.2, 0.25) is 0 Å². The molecule has 0 saturated heterocycles. The van der Waals surface area contributed by atoms with Gasteiger partial charge in [0.25, 0.3) is 5.97 Å². The number of aliphatic carboxylic acids is 2. The highest BCUT2D eigenvalue weighted by Gasteiger charge is 2.18. The van der Waals surface area contributed by atoms with Gasteiger partial charge in [-0.05, 0) is 16.7 Å². The molecule has 0 bridgehead atoms. The summed E-state index contributed by atoms with van der Waals surface area (Å²) in [7, 11) is 0. The average molecular weight is 343 g/mol. The smallest absolute Gasteiger partial charge is 0.326 e. The standard InChI is InChI=1S/C17H17NO3.C2H4O2/c1-12(19)18-16(17(20)21)11-13-7-9-15(10-8-13)14-5-3-2-4-6-14;1-2(3)4/h2-10,16H,11H2,1H3,(H,18,19)(H,20,21);1H3,(H,3,4). The maximum absolute atomic E-state index is 11.1. The van der Waals surface area contributed by atoms with E-state index in [1.807, 2.05) is 54.6 Å². The van der Waals surface area contributed by atoms with Crippen molar-refractivity contribution in [2.75, 3.05) is 0 Å². The van der Waals surface area contributed by atoms with E-state index in [9.17, 15) is 9.59 Å². The molecule has 0 aliphatic heterocycles. The number of carbonyl (C=O) groups excluding carboxylic acids is 1. The second kappa shape index (κ2) is 9.87. The molecule has 6 heteroatoms. The predicted molar refractivity (Wildman–Crippen MR) is 94.1 cm³/mol. The molecule has 1 atom stereocenters. The fourth-order valence-electron chi connectivity index (χ4n) is 2.15. The summed E-state index contributed by atoms with van der Waals surface area (Å²) < 4.78 is 0. The van der Waals surface area contributed by atoms with E-state index in [-0.39, 0.29) is 12.3 Å². The van der Waals surface area contributed by atoms with Crippen molar-refractivity contribution >= 4 is 17.8 Å². The van der Waals surface area contributed by atoms with Gasteiger partial charge in [0.1, 0.15) is 6.04 Å². The normalized spacial score (nSPS) is 10.8. The number of hydrogen-bond acceptors (Lipinski definition) is 3. The van der Waals surface area contributed by atoms with Gasteiger partial charge in [-0.3, -0.25) is 9.59 Å². The number of carboxylic acids is 2. The van der Waals surface area contributed by atoms with Gasteiger partial charge in [0, 0.05) is 20.3 Å². The van der Waals surface area contributed by atoms with Crippen LogP contribution in [0.15, 0.2) is 54.6 Å². The zero-order chi connectivity index (χ0) is 18.8. The summed E-state index contributed by atoms with van der Waals surface area (Å²) in [5, 5.41) is 19.0. The molecule has 3 N–H and O–H groups in total. The van der Waals surface area contributed by atoms with E-state index >= 15 is 0 Å². The molecular weight excluding hydrogens is 322 g/mol. The first kappa shape index (κ1) is 19.9. The van der Waals surface area contributed by atoms with Gasteiger partial charge in [-0.2, -0.15) is 0 Å². The number of carbonyl (C=O) groups is 3. The molecule has 6 nitrogen and oxygen atoms in total. The molecule has 0 aliphatic rings. The minimum absolute atomic E-state index is 0.268. The van der Waals surface area contributed by atoms with Gasteiger partial charge < -0.3 is 15.5 Å². The lowest BCUT2D eigenvalue weighted by atomic mass is 10.0. The molecule has 132 valence electrons. The Balaban J connectivity index is 0.000000705. The lowest BCUT2D eigenvalue weighted by Gasteiger charge is -2.13. The van der Waals surface area contributed by atoms with Gasteiger partial charge in [0.2, 0.25) is 5.91 Å². The van der Waals surface area contributed by atoms with Crippen molar-refractivity contribution in [3.05, 3.63) is 60.2 Å². The van der Waals surface area contributed by atoms with Crippen LogP contribution in [-0.4, -0.2) is 34.1 Å². The molecule has 2 aromatic rings. The predicted octanol–water partition coefficient (Wildman–Crippen LogP) is 2.58. The highest BCUT2D eigenvalue weighted by atomic mass is 16.4. The Kier molecular flexibility index (Phi) is 7.86. The van der Waals surface area contributed by atoms with Gasteiger partial charge in [0.05, 0.1) is 0 Å². The molecule has 0 aliphatic carbocycles. The van der Waals surface area contributed by atoms with Gasteiger partial charge in [0.15, 0.2) is 0 Å². The Hall–Kier alpha value is -3.15. The minimum atomic E-state index is -1.03. The fourth-order valence-corrected chi connectivity index (χ4v) is 2.15. The summed E-state index contributed by atoms with van der Waals surface area (Å²) in [6.45, 7) is 2.40. The number of rotatable bonds is 5. The van der Waals surface area contributed by atoms with Crippen molar-refractivity contribution in [3.63, 3.8) is 0 Å². The van der Waals surface area contributed by atoms with Gasteiger partial charge in [-0.15, -0.1) is 0 Å². The lowest BCUT2D eigenvalue weighted by molar-refractivity contribution is -0.141. The van der Waals surface area contributed by atoms with Crippen LogP contribution >= 0.6 is 0 Å². The zero-order valence-electron chi connectivity index (χ0n) is 14.1. The van der Waals surface area contributed by atoms with Crippen LogP contribution < -0.4 is 5.32 Å². The Labute approximate surface area is 146 Å². The van der Waals surface area contributed by atoms with E-state index in [4.69, 9.17) is 15.0 Å². The first-order chi connectivity index (χ1) is 11.8. The summed E-state index contributed by atoms with van der Waals surface area (Å²) in [4.78, 5) is 31.1. The first-order valence-corrected chi connectivity index (χ1v) is 7.63. The van der Waals surface area contributed by atoms with Crippen molar-refractivity contribution in [3.8, 4) is 11.1 Å². The Morgan fingerprint density at radius 3 is 1.80 bits per heavy atom. The van der Waals surface area contributed by atoms with E-state index in [1.165, 1.54) is 6.92 Å². The van der Waals surface area contributed by atoms with Crippen LogP contribution in [0, 0.1) is 0 Å². The third-order valence-electron chi connectivity index (χ3n) is 3.18. The number of benzene rings is 2. The molecule has 2 rings (SSSR count). The third-order valence-corrected chi connectivity index (χ3v) is 3.18. The van der Waals surface area contributed by atoms with Crippen LogP contribution in [-0.2, 0) is 20.8 Å². The molecule has 0 aromatic heterocycles. The Morgan fingerprint density at radius 2 is 1.36 bits per heavy atom. The molecule has 0 saturated carbocycles. The second-order valence-electron chi connectivity index (χ2n) is 5.38. The van der Waals surface area contributed by atoms with Gasteiger partial charge in [-0.25, -0.2) is 4.79 Å². The second-order valence-corrected chi connectivity index (χ2v) is 5.38. The van der Waals surface area contributed by atoms with Crippen molar-refractivity contribution in [1.29, 1.82) is 0 Å². The lowest BCUT2D eigenvalue weighted by Crippen LogP contribution is -2.41. The van der Waals surface area contributed by atoms with E-state index in [0.29, 0.717) is 0 Å². The summed E-state index contributed by atoms with van der Waals surface area (Å²) in [6, 6.07) is 16.7. The quantitative estimate of drug-likeness (QED) is 0.774. The zero-order valence-corrected chi connectivity index (χ0v) is 14.1. The molecule has 0 radical (unpaired) electrons. The largest absolute Gasteiger partial charge is 0.481 e. The van der Waals surface area contributed by atoms with Crippen molar-refractivity contribution in [1.82, 2.24) is 5.32 Å². The molecule has 1 amide bonds. The van der Waals surface area contributed by atoms with Crippen molar-refractivity contribution in [2.24, 2.45) is 0 Å². The minimum Gasteiger partial charge on any atom is -0.481 e. The monoisotopic (exact) mass is 343 g/mol. The topological polar surface area (TPSA) is 104 Å². The highest BCUT2D eigenvalue weighted by Crippen LogP contribution is 2.19. The Bertz CT molecular complexity index is 706. The average Bonchev–Trinajstić information content (AvgIpc) is 2.55. The van der Waals surface area contributed by atoms with Crippen LogP contribution in [0.25, 0.3) is 11.1 Å². The molecule has 0 spiro atoms. The Morgan fingerprint density at radius 1 is 0.880 bits per heavy atom. The number of nitrogens with one attached hydrogen (secondary N) is 1. The van der Waals surface area contributed by atoms with E-state index < -0.39 is 18.0 Å². The maximum atomic E-state index is 11.1. The fraction of sp³-hybridized carbons (Fsp3) is 0.211. The molecular formula is C19H21NO5. The molecule has 2 aromatic carbocycles. The summed E-state index contributed by atoms with van der Waals surface area (Å²) >= 11 is 0. The summed E-state index contributed by atoms with van der Waals surface area (Å²) in [5.74, 6) is -2.21. The van der Waals surface area contributed by atoms with Crippen molar-refractivity contribution in [2.45, 2.75) is 26.3 Å². The van der Waals surface area contributed by atoms with E-state index in [0.717, 1.165) is 23.6 Å². The summed E-state index contributed by atoms with van der Waals surface area (Å²) in [6.07, 6.45) is 0.268. The summed E-state index contributed by atoms with van der Waals surface area (Å²) in [5.41, 5.74) is 3.06. The molecule has 1 unspecified atom stereocenters. The first-order valence-electron chi connectivity index (χ1n) is 7.63. The number of amides is 1. The number of carboxylic acid groups (broad SMARTS) is 2. The van der Waals surface area contributed by atoms with E-state index in [1.54, 1.807) is 0 Å². The van der Waals surface area contributed by atoms with Crippen LogP contribution in [0.1, 0.15) is 19.4 Å². The maximum Gasteiger partial charge on any atom is 0.326 e. The van der Waals surface area contributed by atoms with Crippen molar-refractivity contribution < 1.29 is 24.6 Å². The third kappa shape index (κ3) is 7.78. The van der Waals surface area contributed by atoms with Crippen LogP contribution in [0.5, 0.6) is 0 Å². The van der Waals surface area contributed by atoms with Gasteiger partial charge in [-0.1, -0.05) is 54.6 Å². The van der Waals surface area contributed by atoms with Crippen LogP contribution in [0.4, 0.5) is 0 Å². The number of hydrogen-bond donors (Lipinski definition) is 3. The van der Waals surface area contributed by atoms with E-state index in [2.05, 4.69) is 5.32 Å². The molecule has 25 heavy (non-hydrogen) atoms. The van der Waals surface area contributed by atoms with Gasteiger partial charge >= 0.3 is 5.97 Å². The molecule has 0 fully saturated rings.